The molecule has 0 atom stereocenters. The third kappa shape index (κ3) is 2.81. The van der Waals surface area contributed by atoms with Gasteiger partial charge in [-0.2, -0.15) is 0 Å². The second kappa shape index (κ2) is 3.46. The van der Waals surface area contributed by atoms with E-state index in [1.165, 1.54) is 11.3 Å². The molecule has 1 rings (SSSR count). The number of aromatic nitrogens is 1. The van der Waals surface area contributed by atoms with Gasteiger partial charge in [0, 0.05) is 10.8 Å². The van der Waals surface area contributed by atoms with Gasteiger partial charge in [0.15, 0.2) is 0 Å². The van der Waals surface area contributed by atoms with Gasteiger partial charge < -0.3 is 5.11 Å². The van der Waals surface area contributed by atoms with Crippen LogP contribution in [0, 0.1) is 0 Å². The number of nitrogens with zero attached hydrogens (tertiary/aromatic N) is 1. The molecule has 0 amide bonds. The van der Waals surface area contributed by atoms with E-state index >= 15 is 0 Å². The fourth-order valence-electron chi connectivity index (χ4n) is 0.888. The highest BCUT2D eigenvalue weighted by Crippen LogP contribution is 2.25. The maximum Gasteiger partial charge on any atom is 0.309 e. The van der Waals surface area contributed by atoms with Crippen molar-refractivity contribution in [2.45, 2.75) is 32.6 Å². The Bertz CT molecular complexity index is 312. The van der Waals surface area contributed by atoms with E-state index in [0.29, 0.717) is 5.69 Å². The smallest absolute Gasteiger partial charge is 0.309 e. The van der Waals surface area contributed by atoms with Crippen molar-refractivity contribution < 1.29 is 9.90 Å². The van der Waals surface area contributed by atoms with Crippen LogP contribution in [0.15, 0.2) is 5.38 Å². The number of hydrogen-bond donors (Lipinski definition) is 1. The van der Waals surface area contributed by atoms with Crippen molar-refractivity contribution in [2.75, 3.05) is 0 Å². The van der Waals surface area contributed by atoms with E-state index in [-0.39, 0.29) is 11.8 Å². The van der Waals surface area contributed by atoms with Gasteiger partial charge in [0.05, 0.1) is 17.1 Å². The Morgan fingerprint density at radius 2 is 2.23 bits per heavy atom. The SMILES string of the molecule is CC(C)(C)c1nc(CC(=O)O)cs1. The van der Waals surface area contributed by atoms with Gasteiger partial charge >= 0.3 is 5.97 Å². The molecule has 0 aliphatic rings. The minimum atomic E-state index is -0.828. The molecule has 0 radical (unpaired) electrons. The molecule has 4 heteroatoms. The lowest BCUT2D eigenvalue weighted by Crippen LogP contribution is -2.11. The van der Waals surface area contributed by atoms with Gasteiger partial charge in [-0.25, -0.2) is 4.98 Å². The second-order valence-corrected chi connectivity index (χ2v) is 4.82. The van der Waals surface area contributed by atoms with Crippen molar-refractivity contribution in [3.8, 4) is 0 Å². The van der Waals surface area contributed by atoms with Gasteiger partial charge in [-0.15, -0.1) is 11.3 Å². The molecule has 1 aromatic heterocycles. The average molecular weight is 199 g/mol. The number of carboxylic acids is 1. The van der Waals surface area contributed by atoms with Crippen LogP contribution in [-0.4, -0.2) is 16.1 Å². The van der Waals surface area contributed by atoms with Crippen LogP contribution >= 0.6 is 11.3 Å². The summed E-state index contributed by atoms with van der Waals surface area (Å²) >= 11 is 1.52. The van der Waals surface area contributed by atoms with E-state index in [9.17, 15) is 4.79 Å². The van der Waals surface area contributed by atoms with Crippen LogP contribution in [0.5, 0.6) is 0 Å². The van der Waals surface area contributed by atoms with Crippen LogP contribution < -0.4 is 0 Å². The summed E-state index contributed by atoms with van der Waals surface area (Å²) < 4.78 is 0. The minimum absolute atomic E-state index is 0.0153. The van der Waals surface area contributed by atoms with Crippen LogP contribution in [-0.2, 0) is 16.6 Å². The molecule has 3 nitrogen and oxygen atoms in total. The highest BCUT2D eigenvalue weighted by atomic mass is 32.1. The number of carboxylic acid groups (broad SMARTS) is 1. The van der Waals surface area contributed by atoms with Crippen molar-refractivity contribution in [1.82, 2.24) is 4.98 Å². The molecule has 1 heterocycles. The lowest BCUT2D eigenvalue weighted by Gasteiger charge is -2.13. The maximum atomic E-state index is 10.4. The van der Waals surface area contributed by atoms with E-state index in [4.69, 9.17) is 5.11 Å². The van der Waals surface area contributed by atoms with Crippen molar-refractivity contribution in [1.29, 1.82) is 0 Å². The van der Waals surface area contributed by atoms with E-state index in [1.54, 1.807) is 0 Å². The first-order valence-electron chi connectivity index (χ1n) is 4.06. The Kier molecular flexibility index (Phi) is 2.71. The van der Waals surface area contributed by atoms with Crippen LogP contribution in [0.3, 0.4) is 0 Å². The largest absolute Gasteiger partial charge is 0.481 e. The number of hydrogen-bond acceptors (Lipinski definition) is 3. The van der Waals surface area contributed by atoms with Crippen molar-refractivity contribution in [3.05, 3.63) is 16.1 Å². The standard InChI is InChI=1S/C9H13NO2S/c1-9(2,3)8-10-6(5-13-8)4-7(11)12/h5H,4H2,1-3H3,(H,11,12). The number of rotatable bonds is 2. The van der Waals surface area contributed by atoms with E-state index in [1.807, 2.05) is 5.38 Å². The van der Waals surface area contributed by atoms with Crippen LogP contribution in [0.2, 0.25) is 0 Å². The topological polar surface area (TPSA) is 50.2 Å². The van der Waals surface area contributed by atoms with Crippen LogP contribution in [0.4, 0.5) is 0 Å². The predicted octanol–water partition coefficient (Wildman–Crippen LogP) is 2.07. The first-order valence-corrected chi connectivity index (χ1v) is 4.94. The monoisotopic (exact) mass is 199 g/mol. The summed E-state index contributed by atoms with van der Waals surface area (Å²) in [5.74, 6) is -0.828. The molecule has 0 aromatic carbocycles. The van der Waals surface area contributed by atoms with Gasteiger partial charge in [0.25, 0.3) is 0 Å². The van der Waals surface area contributed by atoms with E-state index < -0.39 is 5.97 Å². The zero-order chi connectivity index (χ0) is 10.1. The Labute approximate surface area is 81.4 Å². The summed E-state index contributed by atoms with van der Waals surface area (Å²) in [4.78, 5) is 14.7. The molecule has 0 aliphatic heterocycles. The second-order valence-electron chi connectivity index (χ2n) is 3.96. The molecule has 0 saturated heterocycles. The Morgan fingerprint density at radius 3 is 2.62 bits per heavy atom. The predicted molar refractivity (Wildman–Crippen MR) is 52.2 cm³/mol. The summed E-state index contributed by atoms with van der Waals surface area (Å²) in [7, 11) is 0. The lowest BCUT2D eigenvalue weighted by molar-refractivity contribution is -0.136. The molecule has 1 N–H and O–H groups in total. The molecule has 1 aromatic rings. The van der Waals surface area contributed by atoms with Gasteiger partial charge in [-0.1, -0.05) is 20.8 Å². The van der Waals surface area contributed by atoms with E-state index in [0.717, 1.165) is 5.01 Å². The molecule has 72 valence electrons. The van der Waals surface area contributed by atoms with E-state index in [2.05, 4.69) is 25.8 Å². The van der Waals surface area contributed by atoms with Gasteiger partial charge in [0.1, 0.15) is 0 Å². The molecular formula is C9H13NO2S. The quantitative estimate of drug-likeness (QED) is 0.793. The Hall–Kier alpha value is -0.900. The molecule has 13 heavy (non-hydrogen) atoms. The first-order chi connectivity index (χ1) is 5.89. The molecular weight excluding hydrogens is 186 g/mol. The number of thiazole rings is 1. The van der Waals surface area contributed by atoms with Crippen molar-refractivity contribution in [3.63, 3.8) is 0 Å². The normalized spacial score (nSPS) is 11.6. The Morgan fingerprint density at radius 1 is 1.62 bits per heavy atom. The third-order valence-corrected chi connectivity index (χ3v) is 2.84. The average Bonchev–Trinajstić information content (AvgIpc) is 2.32. The molecule has 0 spiro atoms. The first kappa shape index (κ1) is 10.2. The van der Waals surface area contributed by atoms with Gasteiger partial charge in [-0.05, 0) is 0 Å². The summed E-state index contributed by atoms with van der Waals surface area (Å²) in [5.41, 5.74) is 0.670. The zero-order valence-electron chi connectivity index (χ0n) is 8.00. The van der Waals surface area contributed by atoms with Gasteiger partial charge in [-0.3, -0.25) is 4.79 Å². The fourth-order valence-corrected chi connectivity index (χ4v) is 1.79. The fraction of sp³-hybridized carbons (Fsp3) is 0.556. The van der Waals surface area contributed by atoms with Gasteiger partial charge in [0.2, 0.25) is 0 Å². The zero-order valence-corrected chi connectivity index (χ0v) is 8.81. The molecule has 0 aliphatic carbocycles. The summed E-state index contributed by atoms with van der Waals surface area (Å²) in [5, 5.41) is 11.3. The molecule has 0 unspecified atom stereocenters. The van der Waals surface area contributed by atoms with Crippen molar-refractivity contribution in [2.24, 2.45) is 0 Å². The maximum absolute atomic E-state index is 10.4. The van der Waals surface area contributed by atoms with Crippen LogP contribution in [0.1, 0.15) is 31.5 Å². The highest BCUT2D eigenvalue weighted by Gasteiger charge is 2.18. The number of carbonyl (C=O) groups is 1. The minimum Gasteiger partial charge on any atom is -0.481 e. The summed E-state index contributed by atoms with van der Waals surface area (Å²) in [6.45, 7) is 6.20. The van der Waals surface area contributed by atoms with Crippen LogP contribution in [0.25, 0.3) is 0 Å². The van der Waals surface area contributed by atoms with Crippen molar-refractivity contribution >= 4 is 17.3 Å². The third-order valence-electron chi connectivity index (χ3n) is 1.53. The summed E-state index contributed by atoms with van der Waals surface area (Å²) in [6.07, 6.45) is 0.0204. The molecule has 0 bridgehead atoms. The highest BCUT2D eigenvalue weighted by molar-refractivity contribution is 7.09. The molecule has 0 fully saturated rings. The summed E-state index contributed by atoms with van der Waals surface area (Å²) in [6, 6.07) is 0. The molecule has 0 saturated carbocycles. The Balaban J connectivity index is 2.81. The number of aliphatic carboxylic acids is 1. The lowest BCUT2D eigenvalue weighted by atomic mass is 9.98.